The van der Waals surface area contributed by atoms with E-state index in [1.807, 2.05) is 30.3 Å². The summed E-state index contributed by atoms with van der Waals surface area (Å²) >= 11 is 0. The normalized spacial score (nSPS) is 16.1. The van der Waals surface area contributed by atoms with Gasteiger partial charge in [-0.1, -0.05) is 30.3 Å². The van der Waals surface area contributed by atoms with Gasteiger partial charge in [-0.15, -0.1) is 0 Å². The molecule has 1 saturated carbocycles. The van der Waals surface area contributed by atoms with Crippen LogP contribution in [0.1, 0.15) is 18.4 Å². The van der Waals surface area contributed by atoms with Gasteiger partial charge >= 0.3 is 6.09 Å². The van der Waals surface area contributed by atoms with Crippen LogP contribution in [-0.2, 0) is 11.3 Å². The maximum atomic E-state index is 11.7. The maximum absolute atomic E-state index is 11.7. The van der Waals surface area contributed by atoms with Crippen molar-refractivity contribution >= 4 is 6.09 Å². The van der Waals surface area contributed by atoms with Crippen LogP contribution in [0.4, 0.5) is 4.79 Å². The van der Waals surface area contributed by atoms with Gasteiger partial charge in [-0.3, -0.25) is 0 Å². The Morgan fingerprint density at radius 1 is 1.44 bits per heavy atom. The van der Waals surface area contributed by atoms with E-state index < -0.39 is 12.2 Å². The van der Waals surface area contributed by atoms with Gasteiger partial charge in [0.1, 0.15) is 6.61 Å². The summed E-state index contributed by atoms with van der Waals surface area (Å²) in [6, 6.07) is 9.55. The summed E-state index contributed by atoms with van der Waals surface area (Å²) in [5.74, 6) is 0.370. The van der Waals surface area contributed by atoms with Crippen LogP contribution in [0, 0.1) is 5.92 Å². The fourth-order valence-electron chi connectivity index (χ4n) is 1.81. The Balaban J connectivity index is 1.73. The number of benzene rings is 1. The summed E-state index contributed by atoms with van der Waals surface area (Å²) in [5.41, 5.74) is 0.960. The maximum Gasteiger partial charge on any atom is 0.409 e. The molecule has 98 valence electrons. The van der Waals surface area contributed by atoms with Gasteiger partial charge in [0.05, 0.1) is 6.10 Å². The molecule has 0 aliphatic heterocycles. The Morgan fingerprint density at radius 2 is 2.11 bits per heavy atom. The van der Waals surface area contributed by atoms with Gasteiger partial charge in [0.15, 0.2) is 0 Å². The molecule has 1 aliphatic rings. The topological polar surface area (TPSA) is 49.8 Å². The number of nitrogens with zero attached hydrogens (tertiary/aromatic N) is 1. The Labute approximate surface area is 107 Å². The molecule has 4 heteroatoms. The second-order valence-corrected chi connectivity index (χ2v) is 4.83. The summed E-state index contributed by atoms with van der Waals surface area (Å²) in [7, 11) is 1.65. The molecular weight excluding hydrogens is 230 g/mol. The third-order valence-corrected chi connectivity index (χ3v) is 3.14. The standard InChI is InChI=1S/C14H19NO3/c1-15(9-13(16)12-7-8-12)14(17)18-10-11-5-3-2-4-6-11/h2-6,12-13,16H,7-10H2,1H3. The number of aliphatic hydroxyl groups is 1. The van der Waals surface area contributed by atoms with Crippen molar-refractivity contribution in [3.8, 4) is 0 Å². The quantitative estimate of drug-likeness (QED) is 0.868. The molecule has 1 aromatic carbocycles. The smallest absolute Gasteiger partial charge is 0.409 e. The number of rotatable bonds is 5. The molecule has 0 saturated heterocycles. The van der Waals surface area contributed by atoms with Gasteiger partial charge in [-0.25, -0.2) is 4.79 Å². The van der Waals surface area contributed by atoms with E-state index in [4.69, 9.17) is 4.74 Å². The van der Waals surface area contributed by atoms with Crippen molar-refractivity contribution in [2.45, 2.75) is 25.6 Å². The SMILES string of the molecule is CN(CC(O)C1CC1)C(=O)OCc1ccccc1. The van der Waals surface area contributed by atoms with Gasteiger partial charge < -0.3 is 14.7 Å². The molecule has 2 rings (SSSR count). The van der Waals surface area contributed by atoms with Gasteiger partial charge in [-0.2, -0.15) is 0 Å². The molecule has 0 radical (unpaired) electrons. The number of ether oxygens (including phenoxy) is 1. The first-order chi connectivity index (χ1) is 8.66. The zero-order chi connectivity index (χ0) is 13.0. The molecule has 1 atom stereocenters. The average Bonchev–Trinajstić information content (AvgIpc) is 3.21. The predicted octanol–water partition coefficient (Wildman–Crippen LogP) is 2.03. The van der Waals surface area contributed by atoms with E-state index in [0.29, 0.717) is 12.5 Å². The van der Waals surface area contributed by atoms with Crippen molar-refractivity contribution in [2.24, 2.45) is 5.92 Å². The molecule has 0 aromatic heterocycles. The lowest BCUT2D eigenvalue weighted by Gasteiger charge is -2.20. The molecule has 1 aliphatic carbocycles. The highest BCUT2D eigenvalue weighted by atomic mass is 16.6. The van der Waals surface area contributed by atoms with Crippen molar-refractivity contribution in [3.63, 3.8) is 0 Å². The number of hydrogen-bond donors (Lipinski definition) is 1. The van der Waals surface area contributed by atoms with Crippen LogP contribution in [0.15, 0.2) is 30.3 Å². The van der Waals surface area contributed by atoms with E-state index in [1.165, 1.54) is 4.90 Å². The van der Waals surface area contributed by atoms with Gasteiger partial charge in [-0.05, 0) is 24.3 Å². The minimum Gasteiger partial charge on any atom is -0.445 e. The second-order valence-electron chi connectivity index (χ2n) is 4.83. The van der Waals surface area contributed by atoms with Crippen molar-refractivity contribution in [3.05, 3.63) is 35.9 Å². The summed E-state index contributed by atoms with van der Waals surface area (Å²) < 4.78 is 5.17. The molecule has 1 N–H and O–H groups in total. The second kappa shape index (κ2) is 5.87. The number of hydrogen-bond acceptors (Lipinski definition) is 3. The first kappa shape index (κ1) is 12.9. The van der Waals surface area contributed by atoms with Crippen LogP contribution in [0.25, 0.3) is 0 Å². The lowest BCUT2D eigenvalue weighted by molar-refractivity contribution is 0.0718. The van der Waals surface area contributed by atoms with E-state index in [1.54, 1.807) is 7.05 Å². The molecule has 0 spiro atoms. The Morgan fingerprint density at radius 3 is 2.72 bits per heavy atom. The summed E-state index contributed by atoms with van der Waals surface area (Å²) in [6.07, 6.45) is 1.32. The van der Waals surface area contributed by atoms with Crippen LogP contribution in [0.3, 0.4) is 0 Å². The highest BCUT2D eigenvalue weighted by molar-refractivity contribution is 5.67. The zero-order valence-electron chi connectivity index (χ0n) is 10.6. The monoisotopic (exact) mass is 249 g/mol. The van der Waals surface area contributed by atoms with Crippen molar-refractivity contribution in [2.75, 3.05) is 13.6 Å². The van der Waals surface area contributed by atoms with Crippen molar-refractivity contribution in [1.29, 1.82) is 0 Å². The van der Waals surface area contributed by atoms with Crippen LogP contribution in [0.2, 0.25) is 0 Å². The number of carbonyl (C=O) groups is 1. The van der Waals surface area contributed by atoms with Crippen LogP contribution in [0.5, 0.6) is 0 Å². The molecule has 4 nitrogen and oxygen atoms in total. The largest absolute Gasteiger partial charge is 0.445 e. The third kappa shape index (κ3) is 3.74. The molecular formula is C14H19NO3. The number of carbonyl (C=O) groups excluding carboxylic acids is 1. The van der Waals surface area contributed by atoms with Gasteiger partial charge in [0.2, 0.25) is 0 Å². The fraction of sp³-hybridized carbons (Fsp3) is 0.500. The average molecular weight is 249 g/mol. The lowest BCUT2D eigenvalue weighted by atomic mass is 10.2. The molecule has 1 aromatic rings. The van der Waals surface area contributed by atoms with Crippen molar-refractivity contribution in [1.82, 2.24) is 4.90 Å². The Bertz CT molecular complexity index is 389. The Kier molecular flexibility index (Phi) is 4.20. The molecule has 1 amide bonds. The molecule has 1 fully saturated rings. The summed E-state index contributed by atoms with van der Waals surface area (Å²) in [6.45, 7) is 0.613. The number of amides is 1. The first-order valence-corrected chi connectivity index (χ1v) is 6.26. The Hall–Kier alpha value is -1.55. The minimum atomic E-state index is -0.417. The van der Waals surface area contributed by atoms with E-state index in [0.717, 1.165) is 18.4 Å². The molecule has 1 unspecified atom stereocenters. The summed E-state index contributed by atoms with van der Waals surface area (Å²) in [4.78, 5) is 13.1. The first-order valence-electron chi connectivity index (χ1n) is 6.26. The highest BCUT2D eigenvalue weighted by Gasteiger charge is 2.31. The van der Waals surface area contributed by atoms with Gasteiger partial charge in [0.25, 0.3) is 0 Å². The lowest BCUT2D eigenvalue weighted by Crippen LogP contribution is -2.35. The molecule has 0 heterocycles. The van der Waals surface area contributed by atoms with E-state index in [9.17, 15) is 9.90 Å². The minimum absolute atomic E-state index is 0.267. The summed E-state index contributed by atoms with van der Waals surface area (Å²) in [5, 5.41) is 9.74. The third-order valence-electron chi connectivity index (χ3n) is 3.14. The van der Waals surface area contributed by atoms with Gasteiger partial charge in [0, 0.05) is 13.6 Å². The van der Waals surface area contributed by atoms with Crippen LogP contribution >= 0.6 is 0 Å². The molecule has 18 heavy (non-hydrogen) atoms. The molecule has 0 bridgehead atoms. The van der Waals surface area contributed by atoms with E-state index in [-0.39, 0.29) is 6.61 Å². The number of aliphatic hydroxyl groups excluding tert-OH is 1. The fourth-order valence-corrected chi connectivity index (χ4v) is 1.81. The number of likely N-dealkylation sites (N-methyl/N-ethyl adjacent to an activating group) is 1. The van der Waals surface area contributed by atoms with Crippen LogP contribution in [-0.4, -0.2) is 35.8 Å². The van der Waals surface area contributed by atoms with Crippen molar-refractivity contribution < 1.29 is 14.6 Å². The van der Waals surface area contributed by atoms with E-state index in [2.05, 4.69) is 0 Å². The zero-order valence-corrected chi connectivity index (χ0v) is 10.6. The highest BCUT2D eigenvalue weighted by Crippen LogP contribution is 2.32. The van der Waals surface area contributed by atoms with Crippen LogP contribution < -0.4 is 0 Å². The van der Waals surface area contributed by atoms with E-state index >= 15 is 0 Å². The predicted molar refractivity (Wildman–Crippen MR) is 68.0 cm³/mol.